The Morgan fingerprint density at radius 3 is 2.81 bits per heavy atom. The first kappa shape index (κ1) is 15.5. The summed E-state index contributed by atoms with van der Waals surface area (Å²) in [6, 6.07) is 3.61. The number of likely N-dealkylation sites (N-methyl/N-ethyl adjacent to an activating group) is 1. The van der Waals surface area contributed by atoms with Crippen molar-refractivity contribution in [2.75, 3.05) is 33.3 Å². The third-order valence-corrected chi connectivity index (χ3v) is 3.42. The standard InChI is InChI=1S/C14H20N2O5/c1-14(21-8-13(18)19)9-16(10-14)7-12(17)15(2)6-11-4-3-5-20-11/h3-5H,6-10H2,1-2H3,(H,18,19). The van der Waals surface area contributed by atoms with Crippen molar-refractivity contribution < 1.29 is 23.8 Å². The second-order valence-corrected chi connectivity index (χ2v) is 5.61. The molecule has 0 spiro atoms. The van der Waals surface area contributed by atoms with Crippen LogP contribution in [0.2, 0.25) is 0 Å². The number of furan rings is 1. The average Bonchev–Trinajstić information content (AvgIpc) is 2.87. The van der Waals surface area contributed by atoms with E-state index in [4.69, 9.17) is 14.3 Å². The Labute approximate surface area is 123 Å². The molecule has 0 unspecified atom stereocenters. The number of carbonyl (C=O) groups is 2. The van der Waals surface area contributed by atoms with Crippen LogP contribution in [0.5, 0.6) is 0 Å². The smallest absolute Gasteiger partial charge is 0.329 e. The van der Waals surface area contributed by atoms with Crippen LogP contribution in [0, 0.1) is 0 Å². The van der Waals surface area contributed by atoms with Gasteiger partial charge in [0.2, 0.25) is 5.91 Å². The van der Waals surface area contributed by atoms with Crippen LogP contribution < -0.4 is 0 Å². The highest BCUT2D eigenvalue weighted by Crippen LogP contribution is 2.24. The van der Waals surface area contributed by atoms with Crippen LogP contribution in [0.25, 0.3) is 0 Å². The number of carboxylic acid groups (broad SMARTS) is 1. The van der Waals surface area contributed by atoms with Crippen molar-refractivity contribution in [1.29, 1.82) is 0 Å². The van der Waals surface area contributed by atoms with Gasteiger partial charge in [0.1, 0.15) is 12.4 Å². The number of aliphatic carboxylic acids is 1. The summed E-state index contributed by atoms with van der Waals surface area (Å²) in [5, 5.41) is 8.59. The molecule has 21 heavy (non-hydrogen) atoms. The number of carboxylic acids is 1. The highest BCUT2D eigenvalue weighted by molar-refractivity contribution is 5.78. The average molecular weight is 296 g/mol. The molecule has 1 N–H and O–H groups in total. The second-order valence-electron chi connectivity index (χ2n) is 5.61. The largest absolute Gasteiger partial charge is 0.480 e. The summed E-state index contributed by atoms with van der Waals surface area (Å²) in [6.45, 7) is 3.39. The molecule has 1 aliphatic heterocycles. The van der Waals surface area contributed by atoms with Gasteiger partial charge in [0.15, 0.2) is 0 Å². The minimum absolute atomic E-state index is 0.00770. The Balaban J connectivity index is 1.71. The lowest BCUT2D eigenvalue weighted by Crippen LogP contribution is -2.63. The molecule has 0 aromatic carbocycles. The molecule has 2 heterocycles. The number of rotatable bonds is 7. The summed E-state index contributed by atoms with van der Waals surface area (Å²) in [7, 11) is 1.73. The topological polar surface area (TPSA) is 83.2 Å². The van der Waals surface area contributed by atoms with Gasteiger partial charge < -0.3 is 19.2 Å². The Morgan fingerprint density at radius 1 is 1.52 bits per heavy atom. The van der Waals surface area contributed by atoms with Crippen LogP contribution in [0.1, 0.15) is 12.7 Å². The summed E-state index contributed by atoms with van der Waals surface area (Å²) in [6.07, 6.45) is 1.58. The highest BCUT2D eigenvalue weighted by atomic mass is 16.5. The fraction of sp³-hybridized carbons (Fsp3) is 0.571. The third-order valence-electron chi connectivity index (χ3n) is 3.42. The molecule has 0 radical (unpaired) electrons. The fourth-order valence-corrected chi connectivity index (χ4v) is 2.38. The molecule has 7 nitrogen and oxygen atoms in total. The molecule has 2 rings (SSSR count). The summed E-state index contributed by atoms with van der Waals surface area (Å²) in [5.41, 5.74) is -0.474. The first-order valence-electron chi connectivity index (χ1n) is 6.72. The SMILES string of the molecule is CN(Cc1ccco1)C(=O)CN1CC(C)(OCC(=O)O)C1. The predicted octanol–water partition coefficient (Wildman–Crippen LogP) is 0.413. The van der Waals surface area contributed by atoms with E-state index in [0.717, 1.165) is 5.76 Å². The van der Waals surface area contributed by atoms with Gasteiger partial charge in [-0.2, -0.15) is 0 Å². The van der Waals surface area contributed by atoms with E-state index >= 15 is 0 Å². The molecule has 1 amide bonds. The molecular weight excluding hydrogens is 276 g/mol. The maximum absolute atomic E-state index is 12.1. The van der Waals surface area contributed by atoms with Crippen molar-refractivity contribution in [2.45, 2.75) is 19.1 Å². The Bertz CT molecular complexity index is 493. The van der Waals surface area contributed by atoms with Crippen molar-refractivity contribution >= 4 is 11.9 Å². The first-order valence-corrected chi connectivity index (χ1v) is 6.72. The van der Waals surface area contributed by atoms with Crippen molar-refractivity contribution in [2.24, 2.45) is 0 Å². The number of nitrogens with zero attached hydrogens (tertiary/aromatic N) is 2. The van der Waals surface area contributed by atoms with E-state index in [2.05, 4.69) is 0 Å². The van der Waals surface area contributed by atoms with E-state index in [9.17, 15) is 9.59 Å². The van der Waals surface area contributed by atoms with Crippen molar-refractivity contribution in [3.63, 3.8) is 0 Å². The van der Waals surface area contributed by atoms with Crippen LogP contribution >= 0.6 is 0 Å². The van der Waals surface area contributed by atoms with Crippen molar-refractivity contribution in [3.8, 4) is 0 Å². The molecule has 1 aromatic rings. The lowest BCUT2D eigenvalue weighted by Gasteiger charge is -2.47. The maximum Gasteiger partial charge on any atom is 0.329 e. The molecule has 0 saturated carbocycles. The zero-order valence-electron chi connectivity index (χ0n) is 12.2. The van der Waals surface area contributed by atoms with Gasteiger partial charge in [-0.05, 0) is 19.1 Å². The van der Waals surface area contributed by atoms with E-state index in [-0.39, 0.29) is 12.5 Å². The van der Waals surface area contributed by atoms with Crippen molar-refractivity contribution in [3.05, 3.63) is 24.2 Å². The number of hydrogen-bond donors (Lipinski definition) is 1. The lowest BCUT2D eigenvalue weighted by atomic mass is 9.96. The van der Waals surface area contributed by atoms with Gasteiger partial charge in [-0.25, -0.2) is 4.79 Å². The Hall–Kier alpha value is -1.86. The number of amides is 1. The predicted molar refractivity (Wildman–Crippen MR) is 73.6 cm³/mol. The van der Waals surface area contributed by atoms with Crippen LogP contribution in [-0.2, 0) is 20.9 Å². The molecular formula is C14H20N2O5. The molecule has 1 aromatic heterocycles. The van der Waals surface area contributed by atoms with Gasteiger partial charge in [-0.3, -0.25) is 9.69 Å². The summed E-state index contributed by atoms with van der Waals surface area (Å²) in [5.74, 6) is -0.250. The molecule has 116 valence electrons. The molecule has 0 bridgehead atoms. The van der Waals surface area contributed by atoms with E-state index in [0.29, 0.717) is 26.2 Å². The molecule has 1 fully saturated rings. The minimum atomic E-state index is -0.982. The lowest BCUT2D eigenvalue weighted by molar-refractivity contribution is -0.167. The Kier molecular flexibility index (Phi) is 4.64. The minimum Gasteiger partial charge on any atom is -0.480 e. The summed E-state index contributed by atoms with van der Waals surface area (Å²) < 4.78 is 10.5. The molecule has 0 aliphatic carbocycles. The highest BCUT2D eigenvalue weighted by Gasteiger charge is 2.41. The number of likely N-dealkylation sites (tertiary alicyclic amines) is 1. The first-order chi connectivity index (χ1) is 9.88. The molecule has 1 saturated heterocycles. The van der Waals surface area contributed by atoms with Crippen LogP contribution in [0.3, 0.4) is 0 Å². The van der Waals surface area contributed by atoms with Gasteiger partial charge in [0.25, 0.3) is 0 Å². The zero-order chi connectivity index (χ0) is 15.5. The van der Waals surface area contributed by atoms with Crippen LogP contribution in [0.15, 0.2) is 22.8 Å². The number of hydrogen-bond acceptors (Lipinski definition) is 5. The van der Waals surface area contributed by atoms with Crippen LogP contribution in [-0.4, -0.2) is 65.7 Å². The zero-order valence-corrected chi connectivity index (χ0v) is 12.2. The number of ether oxygens (including phenoxy) is 1. The van der Waals surface area contributed by atoms with Crippen molar-refractivity contribution in [1.82, 2.24) is 9.80 Å². The normalized spacial score (nSPS) is 17.2. The van der Waals surface area contributed by atoms with Gasteiger partial charge in [-0.1, -0.05) is 0 Å². The van der Waals surface area contributed by atoms with E-state index in [1.165, 1.54) is 0 Å². The van der Waals surface area contributed by atoms with E-state index in [1.54, 1.807) is 24.3 Å². The second kappa shape index (κ2) is 6.28. The molecule has 1 aliphatic rings. The van der Waals surface area contributed by atoms with Gasteiger partial charge in [0, 0.05) is 20.1 Å². The maximum atomic E-state index is 12.1. The number of carbonyl (C=O) groups excluding carboxylic acids is 1. The monoisotopic (exact) mass is 296 g/mol. The summed E-state index contributed by atoms with van der Waals surface area (Å²) in [4.78, 5) is 26.1. The molecule has 7 heteroatoms. The van der Waals surface area contributed by atoms with E-state index < -0.39 is 11.6 Å². The summed E-state index contributed by atoms with van der Waals surface area (Å²) >= 11 is 0. The molecule has 0 atom stereocenters. The Morgan fingerprint density at radius 2 is 2.24 bits per heavy atom. The van der Waals surface area contributed by atoms with Gasteiger partial charge in [-0.15, -0.1) is 0 Å². The fourth-order valence-electron chi connectivity index (χ4n) is 2.38. The third kappa shape index (κ3) is 4.30. The van der Waals surface area contributed by atoms with Crippen LogP contribution in [0.4, 0.5) is 0 Å². The quantitative estimate of drug-likeness (QED) is 0.785. The van der Waals surface area contributed by atoms with Gasteiger partial charge >= 0.3 is 5.97 Å². The van der Waals surface area contributed by atoms with Gasteiger partial charge in [0.05, 0.1) is 25.0 Å². The van der Waals surface area contributed by atoms with E-state index in [1.807, 2.05) is 17.9 Å².